The van der Waals surface area contributed by atoms with E-state index >= 15 is 0 Å². The van der Waals surface area contributed by atoms with Crippen molar-refractivity contribution >= 4 is 33.5 Å². The minimum absolute atomic E-state index is 0.0406. The first kappa shape index (κ1) is 20.9. The van der Waals surface area contributed by atoms with Gasteiger partial charge in [0.25, 0.3) is 0 Å². The number of halogens is 1. The van der Waals surface area contributed by atoms with Crippen molar-refractivity contribution in [2.24, 2.45) is 10.1 Å². The Kier molecular flexibility index (Phi) is 6.60. The van der Waals surface area contributed by atoms with E-state index in [0.29, 0.717) is 26.5 Å². The van der Waals surface area contributed by atoms with Gasteiger partial charge in [-0.1, -0.05) is 0 Å². The number of benzene rings is 2. The standard InChI is InChI=1S/C20H20BrN3O4S/c1-22-20-24(23-10-12-7-15(21)19(25)18(8-12)28-4)16(11-29-20)14-9-13(26-2)5-6-17(14)27-3/h5-11,25H,1-4H3. The van der Waals surface area contributed by atoms with Crippen molar-refractivity contribution in [3.63, 3.8) is 0 Å². The average molecular weight is 478 g/mol. The second-order valence-electron chi connectivity index (χ2n) is 5.80. The van der Waals surface area contributed by atoms with Crippen LogP contribution in [-0.4, -0.2) is 44.4 Å². The molecule has 0 amide bonds. The van der Waals surface area contributed by atoms with Gasteiger partial charge in [0.2, 0.25) is 4.80 Å². The first-order valence-corrected chi connectivity index (χ1v) is 10.2. The van der Waals surface area contributed by atoms with Crippen LogP contribution in [0, 0.1) is 0 Å². The smallest absolute Gasteiger partial charge is 0.205 e. The Balaban J connectivity index is 2.12. The normalized spacial score (nSPS) is 11.8. The second kappa shape index (κ2) is 9.15. The fourth-order valence-electron chi connectivity index (χ4n) is 2.71. The zero-order valence-electron chi connectivity index (χ0n) is 16.3. The van der Waals surface area contributed by atoms with Gasteiger partial charge in [-0.15, -0.1) is 11.3 Å². The third-order valence-corrected chi connectivity index (χ3v) is 5.66. The van der Waals surface area contributed by atoms with Crippen molar-refractivity contribution in [1.82, 2.24) is 4.68 Å². The molecule has 152 valence electrons. The van der Waals surface area contributed by atoms with Gasteiger partial charge in [0.1, 0.15) is 11.5 Å². The van der Waals surface area contributed by atoms with E-state index in [1.807, 2.05) is 23.6 Å². The molecule has 0 bridgehead atoms. The molecule has 0 radical (unpaired) electrons. The van der Waals surface area contributed by atoms with Crippen molar-refractivity contribution in [3.8, 4) is 34.3 Å². The second-order valence-corrected chi connectivity index (χ2v) is 7.49. The van der Waals surface area contributed by atoms with E-state index in [2.05, 4.69) is 26.0 Å². The number of rotatable bonds is 6. The monoisotopic (exact) mass is 477 g/mol. The van der Waals surface area contributed by atoms with Gasteiger partial charge in [-0.05, 0) is 51.8 Å². The summed E-state index contributed by atoms with van der Waals surface area (Å²) in [5.74, 6) is 1.80. The van der Waals surface area contributed by atoms with Crippen LogP contribution in [0.25, 0.3) is 11.3 Å². The Morgan fingerprint density at radius 1 is 1.07 bits per heavy atom. The van der Waals surface area contributed by atoms with Crippen LogP contribution in [0.1, 0.15) is 5.56 Å². The summed E-state index contributed by atoms with van der Waals surface area (Å²) in [6.07, 6.45) is 1.67. The van der Waals surface area contributed by atoms with Gasteiger partial charge in [0.15, 0.2) is 11.5 Å². The summed E-state index contributed by atoms with van der Waals surface area (Å²) in [6, 6.07) is 9.04. The summed E-state index contributed by atoms with van der Waals surface area (Å²) in [5.41, 5.74) is 2.39. The molecular formula is C20H20BrN3O4S. The largest absolute Gasteiger partial charge is 0.503 e. The molecule has 0 spiro atoms. The molecule has 9 heteroatoms. The van der Waals surface area contributed by atoms with E-state index < -0.39 is 0 Å². The van der Waals surface area contributed by atoms with E-state index in [4.69, 9.17) is 14.2 Å². The molecule has 0 aliphatic carbocycles. The highest BCUT2D eigenvalue weighted by molar-refractivity contribution is 9.10. The minimum Gasteiger partial charge on any atom is -0.503 e. The third-order valence-electron chi connectivity index (χ3n) is 4.15. The molecule has 1 aromatic heterocycles. The molecule has 3 aromatic rings. The summed E-state index contributed by atoms with van der Waals surface area (Å²) < 4.78 is 18.3. The van der Waals surface area contributed by atoms with Gasteiger partial charge in [-0.2, -0.15) is 5.10 Å². The molecule has 0 aliphatic rings. The van der Waals surface area contributed by atoms with Crippen molar-refractivity contribution in [3.05, 3.63) is 50.5 Å². The lowest BCUT2D eigenvalue weighted by Crippen LogP contribution is -2.11. The molecule has 0 saturated carbocycles. The van der Waals surface area contributed by atoms with Crippen molar-refractivity contribution in [2.45, 2.75) is 0 Å². The molecule has 0 atom stereocenters. The fraction of sp³-hybridized carbons (Fsp3) is 0.200. The molecular weight excluding hydrogens is 458 g/mol. The summed E-state index contributed by atoms with van der Waals surface area (Å²) in [6.45, 7) is 0. The number of phenols is 1. The summed E-state index contributed by atoms with van der Waals surface area (Å²) >= 11 is 4.79. The molecule has 0 aliphatic heterocycles. The zero-order valence-corrected chi connectivity index (χ0v) is 18.7. The molecule has 1 heterocycles. The molecule has 0 fully saturated rings. The topological polar surface area (TPSA) is 77.6 Å². The summed E-state index contributed by atoms with van der Waals surface area (Å²) in [5, 5.41) is 16.6. The van der Waals surface area contributed by atoms with Crippen LogP contribution >= 0.6 is 27.3 Å². The lowest BCUT2D eigenvalue weighted by atomic mass is 10.1. The number of nitrogens with zero attached hydrogens (tertiary/aromatic N) is 3. The Labute approximate surface area is 180 Å². The minimum atomic E-state index is 0.0406. The number of hydrogen-bond donors (Lipinski definition) is 1. The fourth-order valence-corrected chi connectivity index (χ4v) is 3.96. The number of hydrogen-bond acceptors (Lipinski definition) is 7. The molecule has 1 N–H and O–H groups in total. The van der Waals surface area contributed by atoms with Gasteiger partial charge in [-0.25, -0.2) is 4.68 Å². The zero-order chi connectivity index (χ0) is 21.0. The Bertz CT molecular complexity index is 1120. The highest BCUT2D eigenvalue weighted by Crippen LogP contribution is 2.35. The third kappa shape index (κ3) is 4.30. The van der Waals surface area contributed by atoms with Gasteiger partial charge in [0, 0.05) is 18.0 Å². The van der Waals surface area contributed by atoms with Crippen LogP contribution in [0.2, 0.25) is 0 Å². The molecule has 2 aromatic carbocycles. The van der Waals surface area contributed by atoms with Crippen LogP contribution in [-0.2, 0) is 0 Å². The van der Waals surface area contributed by atoms with E-state index in [1.165, 1.54) is 18.4 Å². The van der Waals surface area contributed by atoms with Crippen LogP contribution < -0.4 is 19.0 Å². The quantitative estimate of drug-likeness (QED) is 0.541. The first-order valence-electron chi connectivity index (χ1n) is 8.49. The Morgan fingerprint density at radius 2 is 1.83 bits per heavy atom. The van der Waals surface area contributed by atoms with E-state index in [0.717, 1.165) is 16.8 Å². The van der Waals surface area contributed by atoms with Crippen molar-refractivity contribution < 1.29 is 19.3 Å². The summed E-state index contributed by atoms with van der Waals surface area (Å²) in [7, 11) is 6.45. The number of ether oxygens (including phenoxy) is 3. The van der Waals surface area contributed by atoms with Gasteiger partial charge < -0.3 is 19.3 Å². The average Bonchev–Trinajstić information content (AvgIpc) is 3.16. The number of aromatic hydroxyl groups is 1. The maximum Gasteiger partial charge on any atom is 0.205 e. The highest BCUT2D eigenvalue weighted by atomic mass is 79.9. The van der Waals surface area contributed by atoms with Crippen molar-refractivity contribution in [2.75, 3.05) is 28.4 Å². The number of thiazole rings is 1. The maximum absolute atomic E-state index is 10.00. The van der Waals surface area contributed by atoms with Gasteiger partial charge in [-0.3, -0.25) is 4.99 Å². The lowest BCUT2D eigenvalue weighted by molar-refractivity contribution is 0.372. The van der Waals surface area contributed by atoms with Crippen molar-refractivity contribution in [1.29, 1.82) is 0 Å². The van der Waals surface area contributed by atoms with Crippen LogP contribution in [0.5, 0.6) is 23.0 Å². The van der Waals surface area contributed by atoms with Gasteiger partial charge in [0.05, 0.1) is 37.7 Å². The highest BCUT2D eigenvalue weighted by Gasteiger charge is 2.14. The van der Waals surface area contributed by atoms with Crippen LogP contribution in [0.4, 0.5) is 0 Å². The molecule has 0 saturated heterocycles. The molecule has 3 rings (SSSR count). The number of methoxy groups -OCH3 is 3. The molecule has 0 unspecified atom stereocenters. The van der Waals surface area contributed by atoms with Gasteiger partial charge >= 0.3 is 0 Å². The Morgan fingerprint density at radius 3 is 2.48 bits per heavy atom. The number of phenolic OH excluding ortho intramolecular Hbond substituents is 1. The SMILES string of the molecule is CN=c1scc(-c2cc(OC)ccc2OC)n1N=Cc1cc(Br)c(O)c(OC)c1. The first-order chi connectivity index (χ1) is 14.0. The molecule has 29 heavy (non-hydrogen) atoms. The van der Waals surface area contributed by atoms with Crippen LogP contribution in [0.15, 0.2) is 50.3 Å². The van der Waals surface area contributed by atoms with E-state index in [1.54, 1.807) is 44.3 Å². The number of aromatic nitrogens is 1. The van der Waals surface area contributed by atoms with Crippen LogP contribution in [0.3, 0.4) is 0 Å². The lowest BCUT2D eigenvalue weighted by Gasteiger charge is -2.11. The summed E-state index contributed by atoms with van der Waals surface area (Å²) in [4.78, 5) is 5.03. The molecule has 7 nitrogen and oxygen atoms in total. The predicted octanol–water partition coefficient (Wildman–Crippen LogP) is 4.12. The maximum atomic E-state index is 10.00. The predicted molar refractivity (Wildman–Crippen MR) is 118 cm³/mol. The van der Waals surface area contributed by atoms with E-state index in [9.17, 15) is 5.11 Å². The Hall–Kier alpha value is -2.78. The van der Waals surface area contributed by atoms with E-state index in [-0.39, 0.29) is 5.75 Å².